The zero-order chi connectivity index (χ0) is 15.7. The minimum atomic E-state index is -0.289. The second kappa shape index (κ2) is 5.63. The van der Waals surface area contributed by atoms with Gasteiger partial charge in [-0.3, -0.25) is 9.78 Å². The number of nitrogen functional groups attached to an aromatic ring is 1. The van der Waals surface area contributed by atoms with Crippen LogP contribution in [0.4, 0.5) is 5.95 Å². The molecule has 4 N–H and O–H groups in total. The number of hydrogen-bond donors (Lipinski definition) is 3. The van der Waals surface area contributed by atoms with E-state index >= 15 is 0 Å². The first-order valence-corrected chi connectivity index (χ1v) is 7.36. The summed E-state index contributed by atoms with van der Waals surface area (Å²) in [6.45, 7) is 4.36. The molecule has 0 spiro atoms. The molecular formula is C16H19N5O. The summed E-state index contributed by atoms with van der Waals surface area (Å²) in [5, 5.41) is 0. The molecule has 0 aliphatic carbocycles. The van der Waals surface area contributed by atoms with E-state index in [0.29, 0.717) is 17.1 Å². The molecular weight excluding hydrogens is 278 g/mol. The molecule has 0 aliphatic heterocycles. The molecule has 0 atom stereocenters. The maximum Gasteiger partial charge on any atom is 0.278 e. The van der Waals surface area contributed by atoms with Gasteiger partial charge in [0.15, 0.2) is 11.2 Å². The summed E-state index contributed by atoms with van der Waals surface area (Å²) in [5.74, 6) is 1.36. The quantitative estimate of drug-likeness (QED) is 0.686. The number of rotatable bonds is 4. The topological polar surface area (TPSA) is 100 Å². The predicted octanol–water partition coefficient (Wildman–Crippen LogP) is 2.14. The van der Waals surface area contributed by atoms with Crippen LogP contribution in [0.3, 0.4) is 0 Å². The van der Waals surface area contributed by atoms with Crippen LogP contribution in [0, 0.1) is 0 Å². The number of fused-ring (bicyclic) bond motifs is 1. The maximum atomic E-state index is 11.7. The number of nitrogens with one attached hydrogen (secondary N) is 2. The number of anilines is 1. The van der Waals surface area contributed by atoms with E-state index in [-0.39, 0.29) is 11.5 Å². The average molecular weight is 297 g/mol. The van der Waals surface area contributed by atoms with Crippen molar-refractivity contribution in [3.63, 3.8) is 0 Å². The molecule has 1 aromatic carbocycles. The van der Waals surface area contributed by atoms with Crippen LogP contribution in [0.15, 0.2) is 29.1 Å². The van der Waals surface area contributed by atoms with E-state index in [4.69, 9.17) is 5.73 Å². The minimum Gasteiger partial charge on any atom is -0.369 e. The Balaban J connectivity index is 1.76. The predicted molar refractivity (Wildman–Crippen MR) is 86.9 cm³/mol. The number of aromatic amines is 2. The normalized spacial score (nSPS) is 11.4. The van der Waals surface area contributed by atoms with E-state index in [2.05, 4.69) is 58.0 Å². The molecule has 0 aliphatic rings. The number of hydrogen-bond acceptors (Lipinski definition) is 4. The van der Waals surface area contributed by atoms with Crippen molar-refractivity contribution in [2.24, 2.45) is 0 Å². The smallest absolute Gasteiger partial charge is 0.278 e. The zero-order valence-corrected chi connectivity index (χ0v) is 12.7. The molecule has 0 radical (unpaired) electrons. The fourth-order valence-corrected chi connectivity index (χ4v) is 2.42. The van der Waals surface area contributed by atoms with Gasteiger partial charge in [-0.2, -0.15) is 4.98 Å². The van der Waals surface area contributed by atoms with Gasteiger partial charge in [0.05, 0.1) is 0 Å². The van der Waals surface area contributed by atoms with Crippen molar-refractivity contribution in [2.75, 3.05) is 5.73 Å². The van der Waals surface area contributed by atoms with Gasteiger partial charge < -0.3 is 10.7 Å². The fourth-order valence-electron chi connectivity index (χ4n) is 2.42. The number of nitrogens with zero attached hydrogens (tertiary/aromatic N) is 2. The lowest BCUT2D eigenvalue weighted by molar-refractivity contribution is 0.857. The van der Waals surface area contributed by atoms with E-state index in [0.717, 1.165) is 18.7 Å². The highest BCUT2D eigenvalue weighted by molar-refractivity contribution is 5.70. The Morgan fingerprint density at radius 1 is 1.09 bits per heavy atom. The molecule has 6 heteroatoms. The molecule has 2 heterocycles. The summed E-state index contributed by atoms with van der Waals surface area (Å²) in [5.41, 5.74) is 8.54. The van der Waals surface area contributed by atoms with E-state index in [1.807, 2.05) is 0 Å². The first kappa shape index (κ1) is 14.3. The van der Waals surface area contributed by atoms with Crippen molar-refractivity contribution in [1.29, 1.82) is 0 Å². The number of H-pyrrole nitrogens is 2. The molecule has 0 fully saturated rings. The van der Waals surface area contributed by atoms with Crippen LogP contribution in [0.2, 0.25) is 0 Å². The van der Waals surface area contributed by atoms with E-state index < -0.39 is 0 Å². The second-order valence-corrected chi connectivity index (χ2v) is 5.73. The third-order valence-electron chi connectivity index (χ3n) is 3.73. The Hall–Kier alpha value is -2.63. The largest absolute Gasteiger partial charge is 0.369 e. The summed E-state index contributed by atoms with van der Waals surface area (Å²) >= 11 is 0. The summed E-state index contributed by atoms with van der Waals surface area (Å²) in [7, 11) is 0. The van der Waals surface area contributed by atoms with Gasteiger partial charge in [0.2, 0.25) is 5.95 Å². The lowest BCUT2D eigenvalue weighted by Gasteiger charge is -2.06. The minimum absolute atomic E-state index is 0.0832. The van der Waals surface area contributed by atoms with Crippen LogP contribution in [0.25, 0.3) is 11.2 Å². The van der Waals surface area contributed by atoms with E-state index in [9.17, 15) is 4.79 Å². The highest BCUT2D eigenvalue weighted by Gasteiger charge is 2.09. The van der Waals surface area contributed by atoms with Crippen molar-refractivity contribution in [2.45, 2.75) is 32.6 Å². The number of benzene rings is 1. The Morgan fingerprint density at radius 2 is 1.82 bits per heavy atom. The first-order valence-electron chi connectivity index (χ1n) is 7.36. The van der Waals surface area contributed by atoms with E-state index in [1.54, 1.807) is 0 Å². The van der Waals surface area contributed by atoms with Gasteiger partial charge in [0, 0.05) is 6.42 Å². The second-order valence-electron chi connectivity index (χ2n) is 5.73. The van der Waals surface area contributed by atoms with Gasteiger partial charge in [-0.1, -0.05) is 38.1 Å². The Bertz CT molecular complexity index is 845. The van der Waals surface area contributed by atoms with Gasteiger partial charge in [-0.15, -0.1) is 0 Å². The van der Waals surface area contributed by atoms with Crippen molar-refractivity contribution < 1.29 is 0 Å². The van der Waals surface area contributed by atoms with Crippen molar-refractivity contribution in [3.05, 3.63) is 51.6 Å². The molecule has 0 saturated heterocycles. The van der Waals surface area contributed by atoms with Crippen molar-refractivity contribution >= 4 is 17.1 Å². The number of aryl methyl sites for hydroxylation is 2. The SMILES string of the molecule is CC(C)c1ccc(CCc2nc3nc(N)[nH]c(=O)c3[nH]2)cc1. The third kappa shape index (κ3) is 2.86. The average Bonchev–Trinajstić information content (AvgIpc) is 2.89. The molecule has 0 unspecified atom stereocenters. The third-order valence-corrected chi connectivity index (χ3v) is 3.73. The molecule has 2 aromatic heterocycles. The molecule has 6 nitrogen and oxygen atoms in total. The molecule has 3 aromatic rings. The highest BCUT2D eigenvalue weighted by Crippen LogP contribution is 2.16. The summed E-state index contributed by atoms with van der Waals surface area (Å²) < 4.78 is 0. The van der Waals surface area contributed by atoms with Crippen molar-refractivity contribution in [1.82, 2.24) is 19.9 Å². The summed E-state index contributed by atoms with van der Waals surface area (Å²) in [4.78, 5) is 25.6. The van der Waals surface area contributed by atoms with Gasteiger partial charge >= 0.3 is 0 Å². The molecule has 0 amide bonds. The summed E-state index contributed by atoms with van der Waals surface area (Å²) in [6.07, 6.45) is 1.57. The van der Waals surface area contributed by atoms with Crippen LogP contribution in [-0.4, -0.2) is 19.9 Å². The molecule has 114 valence electrons. The molecule has 0 saturated carbocycles. The Labute approximate surface area is 127 Å². The lowest BCUT2D eigenvalue weighted by atomic mass is 10.0. The van der Waals surface area contributed by atoms with Crippen LogP contribution < -0.4 is 11.3 Å². The number of imidazole rings is 1. The summed E-state index contributed by atoms with van der Waals surface area (Å²) in [6, 6.07) is 8.60. The monoisotopic (exact) mass is 297 g/mol. The van der Waals surface area contributed by atoms with Crippen LogP contribution in [0.1, 0.15) is 36.7 Å². The fraction of sp³-hybridized carbons (Fsp3) is 0.312. The van der Waals surface area contributed by atoms with Gasteiger partial charge in [0.25, 0.3) is 5.56 Å². The Morgan fingerprint density at radius 3 is 2.50 bits per heavy atom. The van der Waals surface area contributed by atoms with Gasteiger partial charge in [-0.25, -0.2) is 4.98 Å². The maximum absolute atomic E-state index is 11.7. The standard InChI is InChI=1S/C16H19N5O/c1-9(2)11-6-3-10(4-7-11)5-8-12-18-13-14(19-12)20-16(17)21-15(13)22/h3-4,6-7,9H,5,8H2,1-2H3,(H4,17,18,19,20,21,22). The highest BCUT2D eigenvalue weighted by atomic mass is 16.1. The van der Waals surface area contributed by atoms with Gasteiger partial charge in [0.1, 0.15) is 5.82 Å². The number of aromatic nitrogens is 4. The van der Waals surface area contributed by atoms with Crippen LogP contribution in [-0.2, 0) is 12.8 Å². The lowest BCUT2D eigenvalue weighted by Crippen LogP contribution is -2.10. The van der Waals surface area contributed by atoms with Crippen molar-refractivity contribution in [3.8, 4) is 0 Å². The molecule has 0 bridgehead atoms. The first-order chi connectivity index (χ1) is 10.5. The number of nitrogens with two attached hydrogens (primary N) is 1. The Kier molecular flexibility index (Phi) is 3.66. The molecule has 3 rings (SSSR count). The molecule has 22 heavy (non-hydrogen) atoms. The van der Waals surface area contributed by atoms with E-state index in [1.165, 1.54) is 11.1 Å². The zero-order valence-electron chi connectivity index (χ0n) is 12.7. The van der Waals surface area contributed by atoms with Crippen LogP contribution >= 0.6 is 0 Å². The van der Waals surface area contributed by atoms with Gasteiger partial charge in [-0.05, 0) is 23.5 Å². The van der Waals surface area contributed by atoms with Crippen LogP contribution in [0.5, 0.6) is 0 Å².